The Balaban J connectivity index is 2.13. The Hall–Kier alpha value is -0.710. The van der Waals surface area contributed by atoms with E-state index in [1.54, 1.807) is 11.3 Å². The van der Waals surface area contributed by atoms with Crippen LogP contribution in [0.25, 0.3) is 0 Å². The molecule has 2 aromatic rings. The highest BCUT2D eigenvalue weighted by atomic mass is 79.9. The van der Waals surface area contributed by atoms with Crippen molar-refractivity contribution in [2.45, 2.75) is 39.8 Å². The first kappa shape index (κ1) is 14.7. The SMILES string of the molecule is Cc1nc(C(C)N[C@@H](C)c2ccccc2Br)c(C)s1. The molecule has 1 heterocycles. The molecule has 1 N–H and O–H groups in total. The van der Waals surface area contributed by atoms with Gasteiger partial charge in [-0.2, -0.15) is 0 Å². The van der Waals surface area contributed by atoms with Crippen molar-refractivity contribution in [3.63, 3.8) is 0 Å². The quantitative estimate of drug-likeness (QED) is 0.854. The maximum Gasteiger partial charge on any atom is 0.0900 e. The molecule has 1 aromatic carbocycles. The minimum Gasteiger partial charge on any atom is -0.302 e. The van der Waals surface area contributed by atoms with Crippen molar-refractivity contribution in [1.82, 2.24) is 10.3 Å². The Morgan fingerprint density at radius 3 is 2.42 bits per heavy atom. The largest absolute Gasteiger partial charge is 0.302 e. The van der Waals surface area contributed by atoms with E-state index in [-0.39, 0.29) is 12.1 Å². The highest BCUT2D eigenvalue weighted by Crippen LogP contribution is 2.27. The molecule has 1 aromatic heterocycles. The topological polar surface area (TPSA) is 24.9 Å². The van der Waals surface area contributed by atoms with Crippen LogP contribution in [0, 0.1) is 13.8 Å². The average Bonchev–Trinajstić information content (AvgIpc) is 2.69. The second-order valence-electron chi connectivity index (χ2n) is 4.81. The van der Waals surface area contributed by atoms with Gasteiger partial charge in [-0.25, -0.2) is 4.98 Å². The smallest absolute Gasteiger partial charge is 0.0900 e. The molecule has 19 heavy (non-hydrogen) atoms. The van der Waals surface area contributed by atoms with E-state index in [2.05, 4.69) is 72.1 Å². The third-order valence-corrected chi connectivity index (χ3v) is 4.85. The standard InChI is InChI=1S/C15H19BrN2S/c1-9(13-7-5-6-8-14(13)16)17-10(2)15-11(3)19-12(4)18-15/h5-10,17H,1-4H3/t9-,10?/m0/s1. The molecule has 0 fully saturated rings. The molecule has 1 unspecified atom stereocenters. The third kappa shape index (κ3) is 3.44. The van der Waals surface area contributed by atoms with Crippen molar-refractivity contribution in [2.75, 3.05) is 0 Å². The predicted molar refractivity (Wildman–Crippen MR) is 85.7 cm³/mol. The fourth-order valence-corrected chi connectivity index (χ4v) is 3.86. The fraction of sp³-hybridized carbons (Fsp3) is 0.400. The van der Waals surface area contributed by atoms with E-state index >= 15 is 0 Å². The van der Waals surface area contributed by atoms with Gasteiger partial charge in [-0.15, -0.1) is 11.3 Å². The van der Waals surface area contributed by atoms with E-state index in [9.17, 15) is 0 Å². The molecule has 0 bridgehead atoms. The van der Waals surface area contributed by atoms with Crippen LogP contribution < -0.4 is 5.32 Å². The molecular formula is C15H19BrN2S. The van der Waals surface area contributed by atoms with E-state index in [1.807, 2.05) is 6.07 Å². The van der Waals surface area contributed by atoms with Crippen LogP contribution in [0.4, 0.5) is 0 Å². The molecule has 0 aliphatic heterocycles. The molecule has 0 radical (unpaired) electrons. The van der Waals surface area contributed by atoms with Gasteiger partial charge in [-0.05, 0) is 39.3 Å². The van der Waals surface area contributed by atoms with Crippen LogP contribution >= 0.6 is 27.3 Å². The van der Waals surface area contributed by atoms with Crippen LogP contribution in [0.2, 0.25) is 0 Å². The molecule has 0 amide bonds. The zero-order valence-corrected chi connectivity index (χ0v) is 14.1. The van der Waals surface area contributed by atoms with Gasteiger partial charge in [0.1, 0.15) is 0 Å². The Morgan fingerprint density at radius 1 is 1.16 bits per heavy atom. The van der Waals surface area contributed by atoms with Gasteiger partial charge in [-0.1, -0.05) is 34.1 Å². The lowest BCUT2D eigenvalue weighted by molar-refractivity contribution is 0.485. The molecule has 0 saturated heterocycles. The van der Waals surface area contributed by atoms with Gasteiger partial charge in [0.25, 0.3) is 0 Å². The van der Waals surface area contributed by atoms with Crippen molar-refractivity contribution in [2.24, 2.45) is 0 Å². The molecule has 0 aliphatic carbocycles. The van der Waals surface area contributed by atoms with Crippen molar-refractivity contribution >= 4 is 27.3 Å². The first-order chi connectivity index (χ1) is 8.99. The summed E-state index contributed by atoms with van der Waals surface area (Å²) in [5.41, 5.74) is 2.44. The van der Waals surface area contributed by atoms with E-state index in [4.69, 9.17) is 0 Å². The number of nitrogens with zero attached hydrogens (tertiary/aromatic N) is 1. The van der Waals surface area contributed by atoms with Gasteiger partial charge in [0.15, 0.2) is 0 Å². The minimum atomic E-state index is 0.257. The van der Waals surface area contributed by atoms with Gasteiger partial charge in [0.05, 0.1) is 10.7 Å². The lowest BCUT2D eigenvalue weighted by Crippen LogP contribution is -2.23. The van der Waals surface area contributed by atoms with Crippen molar-refractivity contribution in [3.05, 3.63) is 49.9 Å². The third-order valence-electron chi connectivity index (χ3n) is 3.22. The fourth-order valence-electron chi connectivity index (χ4n) is 2.32. The molecule has 102 valence electrons. The van der Waals surface area contributed by atoms with E-state index < -0.39 is 0 Å². The summed E-state index contributed by atoms with van der Waals surface area (Å²) >= 11 is 5.37. The highest BCUT2D eigenvalue weighted by Gasteiger charge is 2.17. The van der Waals surface area contributed by atoms with E-state index in [0.29, 0.717) is 0 Å². The summed E-state index contributed by atoms with van der Waals surface area (Å²) in [4.78, 5) is 5.93. The maximum atomic E-state index is 4.62. The van der Waals surface area contributed by atoms with Crippen molar-refractivity contribution in [3.8, 4) is 0 Å². The molecule has 2 rings (SSSR count). The van der Waals surface area contributed by atoms with Crippen LogP contribution in [-0.4, -0.2) is 4.98 Å². The van der Waals surface area contributed by atoms with Crippen LogP contribution in [0.5, 0.6) is 0 Å². The Morgan fingerprint density at radius 2 is 1.84 bits per heavy atom. The lowest BCUT2D eigenvalue weighted by Gasteiger charge is -2.20. The number of halogens is 1. The molecule has 2 atom stereocenters. The summed E-state index contributed by atoms with van der Waals surface area (Å²) in [6.07, 6.45) is 0. The van der Waals surface area contributed by atoms with Gasteiger partial charge in [0, 0.05) is 21.4 Å². The molecule has 2 nitrogen and oxygen atoms in total. The van der Waals surface area contributed by atoms with Crippen LogP contribution in [0.1, 0.15) is 47.1 Å². The monoisotopic (exact) mass is 338 g/mol. The number of hydrogen-bond acceptors (Lipinski definition) is 3. The zero-order valence-electron chi connectivity index (χ0n) is 11.7. The number of hydrogen-bond donors (Lipinski definition) is 1. The number of thiazole rings is 1. The van der Waals surface area contributed by atoms with Crippen LogP contribution in [0.15, 0.2) is 28.7 Å². The predicted octanol–water partition coefficient (Wildman–Crippen LogP) is 4.93. The normalized spacial score (nSPS) is 14.4. The van der Waals surface area contributed by atoms with Crippen molar-refractivity contribution < 1.29 is 0 Å². The minimum absolute atomic E-state index is 0.257. The van der Waals surface area contributed by atoms with E-state index in [1.165, 1.54) is 16.1 Å². The van der Waals surface area contributed by atoms with Crippen molar-refractivity contribution in [1.29, 1.82) is 0 Å². The molecule has 4 heteroatoms. The number of rotatable bonds is 4. The van der Waals surface area contributed by atoms with Gasteiger partial charge >= 0.3 is 0 Å². The first-order valence-electron chi connectivity index (χ1n) is 6.43. The number of benzene rings is 1. The summed E-state index contributed by atoms with van der Waals surface area (Å²) in [6.45, 7) is 8.56. The molecule has 0 aliphatic rings. The summed E-state index contributed by atoms with van der Waals surface area (Å²) in [5.74, 6) is 0. The summed E-state index contributed by atoms with van der Waals surface area (Å²) in [7, 11) is 0. The zero-order chi connectivity index (χ0) is 14.0. The molecule has 0 spiro atoms. The molecular weight excluding hydrogens is 320 g/mol. The summed E-state index contributed by atoms with van der Waals surface area (Å²) in [6, 6.07) is 8.88. The Labute approximate surface area is 127 Å². The number of aryl methyl sites for hydroxylation is 2. The first-order valence-corrected chi connectivity index (χ1v) is 8.04. The lowest BCUT2D eigenvalue weighted by atomic mass is 10.1. The number of nitrogens with one attached hydrogen (secondary N) is 1. The van der Waals surface area contributed by atoms with Gasteiger partial charge < -0.3 is 5.32 Å². The van der Waals surface area contributed by atoms with Gasteiger partial charge in [-0.3, -0.25) is 0 Å². The maximum absolute atomic E-state index is 4.62. The molecule has 0 saturated carbocycles. The second-order valence-corrected chi connectivity index (χ2v) is 7.07. The van der Waals surface area contributed by atoms with Crippen LogP contribution in [-0.2, 0) is 0 Å². The van der Waals surface area contributed by atoms with Crippen LogP contribution in [0.3, 0.4) is 0 Å². The number of aromatic nitrogens is 1. The summed E-state index contributed by atoms with van der Waals surface area (Å²) in [5, 5.41) is 4.76. The highest BCUT2D eigenvalue weighted by molar-refractivity contribution is 9.10. The second kappa shape index (κ2) is 6.16. The average molecular weight is 339 g/mol. The van der Waals surface area contributed by atoms with Gasteiger partial charge in [0.2, 0.25) is 0 Å². The Bertz CT molecular complexity index is 565. The summed E-state index contributed by atoms with van der Waals surface area (Å²) < 4.78 is 1.15. The van der Waals surface area contributed by atoms with E-state index in [0.717, 1.165) is 9.48 Å². The Kier molecular flexibility index (Phi) is 4.76.